The number of amides is 1. The average molecular weight is 482 g/mol. The van der Waals surface area contributed by atoms with Crippen molar-refractivity contribution in [3.8, 4) is 5.75 Å². The summed E-state index contributed by atoms with van der Waals surface area (Å²) in [6.45, 7) is -0.169. The number of carbonyl (C=O) groups is 2. The molecule has 5 rings (SSSR count). The van der Waals surface area contributed by atoms with Crippen molar-refractivity contribution in [3.63, 3.8) is 0 Å². The first-order chi connectivity index (χ1) is 15.5. The number of rotatable bonds is 8. The molecule has 0 heterocycles. The molecule has 174 valence electrons. The van der Waals surface area contributed by atoms with Gasteiger partial charge in [-0.25, -0.2) is 4.39 Å². The van der Waals surface area contributed by atoms with Gasteiger partial charge in [0.15, 0.2) is 5.78 Å². The smallest absolute Gasteiger partial charge is 0.416 e. The van der Waals surface area contributed by atoms with Gasteiger partial charge in [0.05, 0.1) is 10.6 Å². The molecule has 3 aliphatic rings. The number of hydrogen-bond donors (Lipinski definition) is 1. The second kappa shape index (κ2) is 8.48. The van der Waals surface area contributed by atoms with Gasteiger partial charge in [-0.05, 0) is 60.6 Å². The zero-order valence-electron chi connectivity index (χ0n) is 17.3. The van der Waals surface area contributed by atoms with Gasteiger partial charge in [0.1, 0.15) is 18.2 Å². The number of carbonyl (C=O) groups excluding carboxylic acids is 2. The average Bonchev–Trinajstić information content (AvgIpc) is 2.70. The van der Waals surface area contributed by atoms with E-state index in [1.807, 2.05) is 0 Å². The highest BCUT2D eigenvalue weighted by Crippen LogP contribution is 2.69. The molecule has 3 saturated carbocycles. The molecule has 0 radical (unpaired) electrons. The van der Waals surface area contributed by atoms with Crippen LogP contribution in [0.25, 0.3) is 6.08 Å². The molecule has 33 heavy (non-hydrogen) atoms. The Morgan fingerprint density at radius 3 is 2.36 bits per heavy atom. The number of halogens is 5. The number of nitrogens with one attached hydrogen (secondary N) is 1. The van der Waals surface area contributed by atoms with Crippen LogP contribution in [0.3, 0.4) is 0 Å². The van der Waals surface area contributed by atoms with E-state index in [0.29, 0.717) is 31.2 Å². The second-order valence-corrected chi connectivity index (χ2v) is 9.24. The van der Waals surface area contributed by atoms with Gasteiger partial charge >= 0.3 is 6.18 Å². The van der Waals surface area contributed by atoms with E-state index in [1.54, 1.807) is 0 Å². The van der Waals surface area contributed by atoms with Gasteiger partial charge in [-0.1, -0.05) is 23.7 Å². The van der Waals surface area contributed by atoms with Gasteiger partial charge in [0, 0.05) is 24.1 Å². The van der Waals surface area contributed by atoms with Crippen LogP contribution in [0.2, 0.25) is 5.02 Å². The molecule has 1 N–H and O–H groups in total. The maximum atomic E-state index is 13.4. The SMILES string of the molecule is O=C(COc1ccc(Cl)c(F)c1)CC12CC(NC(=O)/C=C/c3ccc(C(F)(F)F)cc3)(C1)C2. The first kappa shape index (κ1) is 23.3. The van der Waals surface area contributed by atoms with Gasteiger partial charge in [-0.2, -0.15) is 13.2 Å². The van der Waals surface area contributed by atoms with E-state index in [4.69, 9.17) is 16.3 Å². The van der Waals surface area contributed by atoms with E-state index in [2.05, 4.69) is 5.32 Å². The van der Waals surface area contributed by atoms with Crippen molar-refractivity contribution in [2.45, 2.75) is 37.4 Å². The number of Topliss-reactive ketones (excluding diaryl/α,β-unsaturated/α-hetero) is 1. The summed E-state index contributed by atoms with van der Waals surface area (Å²) in [5.41, 5.74) is -0.736. The Bertz CT molecular complexity index is 1090. The number of alkyl halides is 3. The molecule has 9 heteroatoms. The zero-order valence-corrected chi connectivity index (χ0v) is 18.1. The zero-order chi connectivity index (χ0) is 23.9. The normalized spacial score (nSPS) is 23.5. The van der Waals surface area contributed by atoms with Crippen LogP contribution >= 0.6 is 11.6 Å². The summed E-state index contributed by atoms with van der Waals surface area (Å²) in [5.74, 6) is -0.827. The molecule has 0 spiro atoms. The molecule has 3 fully saturated rings. The molecule has 1 amide bonds. The second-order valence-electron chi connectivity index (χ2n) is 8.83. The van der Waals surface area contributed by atoms with E-state index in [1.165, 1.54) is 36.4 Å². The van der Waals surface area contributed by atoms with Crippen LogP contribution in [0.15, 0.2) is 48.5 Å². The Labute approximate surface area is 192 Å². The summed E-state index contributed by atoms with van der Waals surface area (Å²) in [7, 11) is 0. The third kappa shape index (κ3) is 5.21. The predicted octanol–water partition coefficient (Wildman–Crippen LogP) is 5.59. The third-order valence-corrected chi connectivity index (χ3v) is 6.36. The van der Waals surface area contributed by atoms with Gasteiger partial charge in [0.25, 0.3) is 0 Å². The first-order valence-corrected chi connectivity index (χ1v) is 10.6. The summed E-state index contributed by atoms with van der Waals surface area (Å²) in [6.07, 6.45) is 0.712. The van der Waals surface area contributed by atoms with Crippen molar-refractivity contribution in [2.24, 2.45) is 5.41 Å². The Balaban J connectivity index is 1.20. The lowest BCUT2D eigenvalue weighted by molar-refractivity contribution is -0.171. The highest BCUT2D eigenvalue weighted by atomic mass is 35.5. The van der Waals surface area contributed by atoms with Crippen LogP contribution in [0.1, 0.15) is 36.8 Å². The fourth-order valence-electron chi connectivity index (χ4n) is 4.78. The largest absolute Gasteiger partial charge is 0.486 e. The third-order valence-electron chi connectivity index (χ3n) is 6.06. The summed E-state index contributed by atoms with van der Waals surface area (Å²) in [6, 6.07) is 8.50. The Morgan fingerprint density at radius 1 is 1.09 bits per heavy atom. The number of benzene rings is 2. The van der Waals surface area contributed by atoms with Gasteiger partial charge < -0.3 is 10.1 Å². The minimum absolute atomic E-state index is 0.0240. The minimum Gasteiger partial charge on any atom is -0.486 e. The minimum atomic E-state index is -4.40. The Hall–Kier alpha value is -2.87. The Morgan fingerprint density at radius 2 is 1.76 bits per heavy atom. The number of hydrogen-bond acceptors (Lipinski definition) is 3. The van der Waals surface area contributed by atoms with Crippen molar-refractivity contribution >= 4 is 29.4 Å². The van der Waals surface area contributed by atoms with Crippen molar-refractivity contribution in [2.75, 3.05) is 6.61 Å². The molecule has 2 aromatic carbocycles. The van der Waals surface area contributed by atoms with Crippen molar-refractivity contribution in [3.05, 3.63) is 70.5 Å². The van der Waals surface area contributed by atoms with Gasteiger partial charge in [-0.15, -0.1) is 0 Å². The molecule has 2 aromatic rings. The molecular formula is C24H20ClF4NO3. The fourth-order valence-corrected chi connectivity index (χ4v) is 4.89. The van der Waals surface area contributed by atoms with Crippen LogP contribution in [0, 0.1) is 11.2 Å². The van der Waals surface area contributed by atoms with Crippen molar-refractivity contribution in [1.29, 1.82) is 0 Å². The van der Waals surface area contributed by atoms with E-state index < -0.39 is 17.6 Å². The van der Waals surface area contributed by atoms with Crippen LogP contribution in [-0.4, -0.2) is 23.8 Å². The summed E-state index contributed by atoms with van der Waals surface area (Å²) < 4.78 is 56.6. The van der Waals surface area contributed by atoms with Crippen LogP contribution in [-0.2, 0) is 15.8 Å². The summed E-state index contributed by atoms with van der Waals surface area (Å²) >= 11 is 5.61. The first-order valence-electron chi connectivity index (χ1n) is 10.2. The van der Waals surface area contributed by atoms with E-state index in [0.717, 1.165) is 18.2 Å². The highest BCUT2D eigenvalue weighted by molar-refractivity contribution is 6.30. The van der Waals surface area contributed by atoms with Crippen LogP contribution in [0.5, 0.6) is 5.75 Å². The monoisotopic (exact) mass is 481 g/mol. The maximum Gasteiger partial charge on any atom is 0.416 e. The molecular weight excluding hydrogens is 462 g/mol. The molecule has 0 aliphatic heterocycles. The fraction of sp³-hybridized carbons (Fsp3) is 0.333. The maximum absolute atomic E-state index is 13.4. The Kier molecular flexibility index (Phi) is 5.99. The molecule has 2 bridgehead atoms. The highest BCUT2D eigenvalue weighted by Gasteiger charge is 2.68. The summed E-state index contributed by atoms with van der Waals surface area (Å²) in [5, 5.41) is 2.91. The molecule has 0 unspecified atom stereocenters. The standard InChI is InChI=1S/C24H20ClF4NO3/c25-19-7-6-18(9-20(19)26)33-11-17(31)10-22-12-23(13-22,14-22)30-21(32)8-3-15-1-4-16(5-2-15)24(27,28)29/h1-9H,10-14H2,(H,30,32)/b8-3+. The molecule has 4 nitrogen and oxygen atoms in total. The van der Waals surface area contributed by atoms with E-state index in [-0.39, 0.29) is 40.0 Å². The lowest BCUT2D eigenvalue weighted by Gasteiger charge is -2.70. The lowest BCUT2D eigenvalue weighted by Crippen LogP contribution is -2.74. The number of ether oxygens (including phenoxy) is 1. The van der Waals surface area contributed by atoms with E-state index >= 15 is 0 Å². The lowest BCUT2D eigenvalue weighted by atomic mass is 9.38. The van der Waals surface area contributed by atoms with E-state index in [9.17, 15) is 27.2 Å². The number of ketones is 1. The van der Waals surface area contributed by atoms with Gasteiger partial charge in [0.2, 0.25) is 5.91 Å². The molecule has 0 aromatic heterocycles. The topological polar surface area (TPSA) is 55.4 Å². The molecule has 0 atom stereocenters. The predicted molar refractivity (Wildman–Crippen MR) is 114 cm³/mol. The van der Waals surface area contributed by atoms with Crippen molar-refractivity contribution < 1.29 is 31.9 Å². The van der Waals surface area contributed by atoms with Gasteiger partial charge in [-0.3, -0.25) is 9.59 Å². The summed E-state index contributed by atoms with van der Waals surface area (Å²) in [4.78, 5) is 24.5. The van der Waals surface area contributed by atoms with Crippen molar-refractivity contribution in [1.82, 2.24) is 5.32 Å². The van der Waals surface area contributed by atoms with Crippen LogP contribution in [0.4, 0.5) is 17.6 Å². The molecule has 0 saturated heterocycles. The quantitative estimate of drug-likeness (QED) is 0.395. The molecule has 3 aliphatic carbocycles. The van der Waals surface area contributed by atoms with Crippen LogP contribution < -0.4 is 10.1 Å².